The summed E-state index contributed by atoms with van der Waals surface area (Å²) in [7, 11) is 2.63. The van der Waals surface area contributed by atoms with E-state index in [0.717, 1.165) is 56.8 Å². The number of nitrogens with zero attached hydrogens (tertiary/aromatic N) is 4. The van der Waals surface area contributed by atoms with Crippen LogP contribution in [0.1, 0.15) is 113 Å². The molecule has 3 aliphatic rings. The number of aromatic nitrogens is 4. The van der Waals surface area contributed by atoms with Gasteiger partial charge < -0.3 is 19.4 Å². The third-order valence-electron chi connectivity index (χ3n) is 9.63. The fourth-order valence-electron chi connectivity index (χ4n) is 7.02. The summed E-state index contributed by atoms with van der Waals surface area (Å²) in [4.78, 5) is 59.7. The van der Waals surface area contributed by atoms with Crippen molar-refractivity contribution < 1.29 is 43.3 Å². The van der Waals surface area contributed by atoms with Crippen molar-refractivity contribution >= 4 is 57.0 Å². The Kier molecular flexibility index (Phi) is 9.06. The number of aryl methyl sites for hydroxylation is 2. The molecule has 3 atom stereocenters. The molecule has 8 bridgehead atoms. The van der Waals surface area contributed by atoms with Gasteiger partial charge in [0.15, 0.2) is 5.78 Å². The van der Waals surface area contributed by atoms with Crippen molar-refractivity contribution in [2.75, 3.05) is 14.2 Å². The Labute approximate surface area is 280 Å². The predicted octanol–water partition coefficient (Wildman–Crippen LogP) is 6.46. The van der Waals surface area contributed by atoms with E-state index in [-0.39, 0.29) is 49.5 Å². The van der Waals surface area contributed by atoms with Gasteiger partial charge in [-0.15, -0.1) is 22.1 Å². The number of carbonyl (C=O) groups is 3. The second kappa shape index (κ2) is 12.6. The van der Waals surface area contributed by atoms with E-state index >= 15 is 0 Å². The summed E-state index contributed by atoms with van der Waals surface area (Å²) in [5.74, 6) is -3.01. The van der Waals surface area contributed by atoms with Gasteiger partial charge in [0.1, 0.15) is 5.92 Å². The molecule has 9 nitrogen and oxygen atoms in total. The van der Waals surface area contributed by atoms with E-state index in [1.165, 1.54) is 14.2 Å². The number of hydrogen-bond donors (Lipinski definition) is 0. The largest absolute Gasteiger partial charge is 2.00 e. The van der Waals surface area contributed by atoms with Gasteiger partial charge in [0.25, 0.3) is 0 Å². The predicted molar refractivity (Wildman–Crippen MR) is 173 cm³/mol. The van der Waals surface area contributed by atoms with Crippen molar-refractivity contribution in [3.8, 4) is 0 Å². The minimum Gasteiger partial charge on any atom is -0.657 e. The number of methoxy groups -OCH3 is 2. The molecule has 232 valence electrons. The molecule has 2 aliphatic heterocycles. The quantitative estimate of drug-likeness (QED) is 0.165. The van der Waals surface area contributed by atoms with Gasteiger partial charge in [-0.2, -0.15) is 0 Å². The maximum absolute atomic E-state index is 14.0. The second-order valence-corrected chi connectivity index (χ2v) is 11.9. The molecule has 3 aromatic heterocycles. The molecule has 46 heavy (non-hydrogen) atoms. The SMILES string of the molecule is C=Cc1c(C)c2cc3nc(c4c5[n-]c(cc6nc(cc1[n-]2)C(C)=C6CC)c(C)c5C(=O)C4C(=O)OC)C(CCC(=O)OC)C3C.[Zn+2]. The van der Waals surface area contributed by atoms with Crippen molar-refractivity contribution in [1.82, 2.24) is 19.9 Å². The van der Waals surface area contributed by atoms with Crippen LogP contribution in [0, 0.1) is 13.8 Å². The van der Waals surface area contributed by atoms with Crippen molar-refractivity contribution in [3.05, 3.63) is 75.4 Å². The number of hydrogen-bond acceptors (Lipinski definition) is 7. The Hall–Kier alpha value is -4.17. The molecule has 0 fully saturated rings. The molecule has 10 heteroatoms. The Morgan fingerprint density at radius 2 is 1.67 bits per heavy atom. The minimum absolute atomic E-state index is 0. The Bertz CT molecular complexity index is 2020. The van der Waals surface area contributed by atoms with Crippen molar-refractivity contribution in [2.45, 2.75) is 71.6 Å². The van der Waals surface area contributed by atoms with Crippen LogP contribution in [0.4, 0.5) is 0 Å². The summed E-state index contributed by atoms with van der Waals surface area (Å²) >= 11 is 0. The molecular weight excluding hydrogens is 634 g/mol. The molecule has 6 rings (SSSR count). The zero-order chi connectivity index (χ0) is 32.3. The molecular formula is C36H36N4O5Zn. The molecule has 3 aromatic rings. The molecule has 5 heterocycles. The van der Waals surface area contributed by atoms with E-state index < -0.39 is 11.9 Å². The number of Topliss-reactive ketones (excluding diaryl/α,β-unsaturated/α-hetero) is 1. The normalized spacial score (nSPS) is 18.4. The number of ether oxygens (including phenoxy) is 2. The van der Waals surface area contributed by atoms with Crippen molar-refractivity contribution in [2.24, 2.45) is 0 Å². The number of ketones is 1. The molecule has 3 unspecified atom stereocenters. The summed E-state index contributed by atoms with van der Waals surface area (Å²) in [6.45, 7) is 14.1. The molecule has 0 saturated heterocycles. The van der Waals surface area contributed by atoms with Gasteiger partial charge in [-0.1, -0.05) is 55.8 Å². The van der Waals surface area contributed by atoms with E-state index in [4.69, 9.17) is 29.4 Å². The van der Waals surface area contributed by atoms with E-state index in [1.807, 2.05) is 45.0 Å². The summed E-state index contributed by atoms with van der Waals surface area (Å²) in [6.07, 6.45) is 3.13. The Morgan fingerprint density at radius 3 is 2.33 bits per heavy atom. The average Bonchev–Trinajstić information content (AvgIpc) is 3.76. The molecule has 0 N–H and O–H groups in total. The molecule has 0 spiro atoms. The number of rotatable bonds is 6. The van der Waals surface area contributed by atoms with Gasteiger partial charge in [-0.3, -0.25) is 19.4 Å². The zero-order valence-electron chi connectivity index (χ0n) is 27.4. The van der Waals surface area contributed by atoms with Crippen LogP contribution in [0.25, 0.3) is 39.3 Å². The monoisotopic (exact) mass is 668 g/mol. The van der Waals surface area contributed by atoms with Gasteiger partial charge in [-0.05, 0) is 55.9 Å². The first-order chi connectivity index (χ1) is 21.5. The van der Waals surface area contributed by atoms with Gasteiger partial charge in [0.05, 0.1) is 25.6 Å². The first-order valence-corrected chi connectivity index (χ1v) is 15.2. The number of esters is 2. The minimum atomic E-state index is -1.20. The van der Waals surface area contributed by atoms with Crippen LogP contribution >= 0.6 is 0 Å². The van der Waals surface area contributed by atoms with E-state index in [9.17, 15) is 14.4 Å². The summed E-state index contributed by atoms with van der Waals surface area (Å²) < 4.78 is 10.1. The van der Waals surface area contributed by atoms with Gasteiger partial charge in [0, 0.05) is 35.2 Å². The first-order valence-electron chi connectivity index (χ1n) is 15.2. The van der Waals surface area contributed by atoms with Crippen LogP contribution in [0.2, 0.25) is 0 Å². The fourth-order valence-corrected chi connectivity index (χ4v) is 7.02. The fraction of sp³-hybridized carbons (Fsp3) is 0.361. The smallest absolute Gasteiger partial charge is 0.657 e. The molecule has 0 aromatic carbocycles. The Morgan fingerprint density at radius 1 is 0.978 bits per heavy atom. The molecule has 0 amide bonds. The van der Waals surface area contributed by atoms with Gasteiger partial charge in [-0.25, -0.2) is 4.98 Å². The average molecular weight is 670 g/mol. The van der Waals surface area contributed by atoms with Crippen molar-refractivity contribution in [3.63, 3.8) is 0 Å². The standard InChI is InChI=1S/C36H37N4O5.Zn/c1-9-20-16(3)23-13-25-18(5)22(11-12-29(41)44-7)33(39-25)31-32(36(43)45-8)35(42)30-19(6)26(40-34(30)31)15-28-21(10-2)17(4)24(38-28)14-27(20)37-23;/h9,13-15,18,22,32H,1,10-12H2,2-8H3,(H-,37,38,39,40,42);/q-1;+2/p-1. The topological polar surface area (TPSA) is 124 Å². The third-order valence-corrected chi connectivity index (χ3v) is 9.63. The summed E-state index contributed by atoms with van der Waals surface area (Å²) in [5, 5.41) is 0. The maximum Gasteiger partial charge on any atom is 2.00 e. The van der Waals surface area contributed by atoms with Crippen LogP contribution in [0.3, 0.4) is 0 Å². The van der Waals surface area contributed by atoms with Crippen LogP contribution in [-0.4, -0.2) is 41.9 Å². The molecule has 0 saturated carbocycles. The van der Waals surface area contributed by atoms with E-state index in [2.05, 4.69) is 20.4 Å². The summed E-state index contributed by atoms with van der Waals surface area (Å²) in [5.41, 5.74) is 11.0. The van der Waals surface area contributed by atoms with Gasteiger partial charge >= 0.3 is 31.4 Å². The first kappa shape index (κ1) is 33.2. The van der Waals surface area contributed by atoms with Crippen LogP contribution in [-0.2, 0) is 38.5 Å². The molecule has 0 radical (unpaired) electrons. The number of allylic oxidation sites excluding steroid dienone is 2. The number of fused-ring (bicyclic) bond motifs is 8. The van der Waals surface area contributed by atoms with Crippen LogP contribution in [0.5, 0.6) is 0 Å². The van der Waals surface area contributed by atoms with Crippen LogP contribution in [0.15, 0.2) is 24.8 Å². The third kappa shape index (κ3) is 5.07. The maximum atomic E-state index is 14.0. The van der Waals surface area contributed by atoms with E-state index in [0.29, 0.717) is 39.8 Å². The van der Waals surface area contributed by atoms with Crippen LogP contribution < -0.4 is 9.97 Å². The summed E-state index contributed by atoms with van der Waals surface area (Å²) in [6, 6.07) is 5.87. The zero-order valence-corrected chi connectivity index (χ0v) is 30.4. The Balaban J connectivity index is 0.00000417. The van der Waals surface area contributed by atoms with E-state index in [1.54, 1.807) is 0 Å². The second-order valence-electron chi connectivity index (χ2n) is 11.9. The van der Waals surface area contributed by atoms with Gasteiger partial charge in [0.2, 0.25) is 0 Å². The molecule has 1 aliphatic carbocycles. The van der Waals surface area contributed by atoms with Crippen molar-refractivity contribution in [1.29, 1.82) is 0 Å². The number of carbonyl (C=O) groups excluding carboxylic acids is 3.